The summed E-state index contributed by atoms with van der Waals surface area (Å²) in [6, 6.07) is 5.74. The van der Waals surface area contributed by atoms with Gasteiger partial charge in [-0.15, -0.1) is 0 Å². The molecular formula is C19H21N3O3. The first-order valence-corrected chi connectivity index (χ1v) is 8.60. The van der Waals surface area contributed by atoms with Gasteiger partial charge >= 0.3 is 0 Å². The highest BCUT2D eigenvalue weighted by Crippen LogP contribution is 2.33. The van der Waals surface area contributed by atoms with Crippen molar-refractivity contribution in [3.63, 3.8) is 0 Å². The summed E-state index contributed by atoms with van der Waals surface area (Å²) in [6.45, 7) is 3.66. The van der Waals surface area contributed by atoms with E-state index < -0.39 is 0 Å². The molecule has 25 heavy (non-hydrogen) atoms. The predicted octanol–water partition coefficient (Wildman–Crippen LogP) is 3.67. The van der Waals surface area contributed by atoms with E-state index in [4.69, 9.17) is 9.15 Å². The molecule has 6 heteroatoms. The van der Waals surface area contributed by atoms with Crippen molar-refractivity contribution in [2.24, 2.45) is 0 Å². The molecule has 1 aromatic carbocycles. The van der Waals surface area contributed by atoms with Gasteiger partial charge in [0.25, 0.3) is 5.91 Å². The van der Waals surface area contributed by atoms with Gasteiger partial charge in [-0.05, 0) is 51.3 Å². The fraction of sp³-hybridized carbons (Fsp3) is 0.368. The van der Waals surface area contributed by atoms with Crippen LogP contribution in [-0.4, -0.2) is 22.7 Å². The fourth-order valence-electron chi connectivity index (χ4n) is 3.39. The molecule has 1 amide bonds. The van der Waals surface area contributed by atoms with Crippen LogP contribution < -0.4 is 10.1 Å². The van der Waals surface area contributed by atoms with Crippen molar-refractivity contribution in [1.29, 1.82) is 0 Å². The lowest BCUT2D eigenvalue weighted by Gasteiger charge is -2.09. The second kappa shape index (κ2) is 6.27. The third-order valence-corrected chi connectivity index (χ3v) is 4.69. The lowest BCUT2D eigenvalue weighted by atomic mass is 9.96. The van der Waals surface area contributed by atoms with Crippen molar-refractivity contribution in [1.82, 2.24) is 10.2 Å². The van der Waals surface area contributed by atoms with Crippen molar-refractivity contribution in [2.75, 3.05) is 11.9 Å². The van der Waals surface area contributed by atoms with Gasteiger partial charge < -0.3 is 14.5 Å². The molecule has 6 nitrogen and oxygen atoms in total. The van der Waals surface area contributed by atoms with Gasteiger partial charge in [0, 0.05) is 17.4 Å². The molecule has 0 aliphatic heterocycles. The first-order chi connectivity index (χ1) is 12.1. The largest absolute Gasteiger partial charge is 0.484 e. The summed E-state index contributed by atoms with van der Waals surface area (Å²) in [4.78, 5) is 12.1. The minimum absolute atomic E-state index is 0.0460. The topological polar surface area (TPSA) is 80.2 Å². The number of rotatable bonds is 4. The highest BCUT2D eigenvalue weighted by Gasteiger charge is 2.18. The van der Waals surface area contributed by atoms with E-state index in [1.165, 1.54) is 18.4 Å². The summed E-state index contributed by atoms with van der Waals surface area (Å²) in [6.07, 6.45) is 4.43. The summed E-state index contributed by atoms with van der Waals surface area (Å²) in [5, 5.41) is 10.9. The van der Waals surface area contributed by atoms with E-state index in [0.717, 1.165) is 41.0 Å². The molecule has 4 rings (SSSR count). The van der Waals surface area contributed by atoms with Crippen molar-refractivity contribution >= 4 is 22.6 Å². The van der Waals surface area contributed by atoms with Gasteiger partial charge in [-0.3, -0.25) is 9.89 Å². The van der Waals surface area contributed by atoms with Crippen LogP contribution in [0.4, 0.5) is 5.69 Å². The van der Waals surface area contributed by atoms with Crippen LogP contribution in [-0.2, 0) is 17.6 Å². The monoisotopic (exact) mass is 339 g/mol. The van der Waals surface area contributed by atoms with Crippen LogP contribution in [0.15, 0.2) is 22.6 Å². The summed E-state index contributed by atoms with van der Waals surface area (Å²) in [5.41, 5.74) is 4.50. The zero-order valence-electron chi connectivity index (χ0n) is 14.4. The summed E-state index contributed by atoms with van der Waals surface area (Å²) in [5.74, 6) is 1.57. The molecular weight excluding hydrogens is 318 g/mol. The van der Waals surface area contributed by atoms with Crippen LogP contribution in [0.5, 0.6) is 5.75 Å². The number of hydrogen-bond donors (Lipinski definition) is 2. The van der Waals surface area contributed by atoms with Gasteiger partial charge in [-0.2, -0.15) is 5.10 Å². The molecule has 0 saturated heterocycles. The molecule has 0 radical (unpaired) electrons. The number of nitrogens with zero attached hydrogens (tertiary/aromatic N) is 1. The Morgan fingerprint density at radius 1 is 1.32 bits per heavy atom. The maximum atomic E-state index is 12.1. The van der Waals surface area contributed by atoms with E-state index in [1.807, 2.05) is 32.0 Å². The van der Waals surface area contributed by atoms with Gasteiger partial charge in [0.1, 0.15) is 17.1 Å². The van der Waals surface area contributed by atoms with E-state index in [2.05, 4.69) is 15.5 Å². The Morgan fingerprint density at radius 3 is 2.96 bits per heavy atom. The molecule has 1 aliphatic carbocycles. The molecule has 2 heterocycles. The molecule has 130 valence electrons. The fourth-order valence-corrected chi connectivity index (χ4v) is 3.39. The third-order valence-electron chi connectivity index (χ3n) is 4.69. The minimum atomic E-state index is -0.207. The number of furan rings is 1. The molecule has 0 atom stereocenters. The first-order valence-electron chi connectivity index (χ1n) is 8.60. The van der Waals surface area contributed by atoms with E-state index in [-0.39, 0.29) is 12.5 Å². The average molecular weight is 339 g/mol. The zero-order chi connectivity index (χ0) is 17.4. The Morgan fingerprint density at radius 2 is 2.16 bits per heavy atom. The summed E-state index contributed by atoms with van der Waals surface area (Å²) < 4.78 is 11.6. The third kappa shape index (κ3) is 2.99. The van der Waals surface area contributed by atoms with E-state index in [1.54, 1.807) is 0 Å². The second-order valence-electron chi connectivity index (χ2n) is 6.51. The Bertz CT molecular complexity index is 919. The number of amides is 1. The molecule has 0 spiro atoms. The van der Waals surface area contributed by atoms with Crippen LogP contribution >= 0.6 is 0 Å². The molecule has 0 fully saturated rings. The summed E-state index contributed by atoms with van der Waals surface area (Å²) in [7, 11) is 0. The number of benzene rings is 1. The number of carbonyl (C=O) groups excluding carboxylic acids is 1. The van der Waals surface area contributed by atoms with E-state index in [0.29, 0.717) is 11.4 Å². The number of aromatic nitrogens is 2. The average Bonchev–Trinajstić information content (AvgIpc) is 3.14. The maximum Gasteiger partial charge on any atom is 0.262 e. The van der Waals surface area contributed by atoms with Crippen molar-refractivity contribution in [3.05, 3.63) is 40.9 Å². The Kier molecular flexibility index (Phi) is 3.95. The van der Waals surface area contributed by atoms with Crippen LogP contribution in [0.25, 0.3) is 11.0 Å². The first kappa shape index (κ1) is 15.7. The number of nitrogens with one attached hydrogen (secondary N) is 2. The van der Waals surface area contributed by atoms with Gasteiger partial charge in [0.05, 0.1) is 17.1 Å². The van der Waals surface area contributed by atoms with Crippen molar-refractivity contribution in [3.8, 4) is 5.75 Å². The molecule has 2 N–H and O–H groups in total. The number of anilines is 1. The SMILES string of the molecule is Cc1n[nH]c(C)c1NC(=O)COc1ccc2oc3c(c2c1)CCCC3. The lowest BCUT2D eigenvalue weighted by molar-refractivity contribution is -0.118. The van der Waals surface area contributed by atoms with Crippen LogP contribution in [0, 0.1) is 13.8 Å². The molecule has 1 aliphatic rings. The van der Waals surface area contributed by atoms with Crippen LogP contribution in [0.3, 0.4) is 0 Å². The van der Waals surface area contributed by atoms with Gasteiger partial charge in [-0.25, -0.2) is 0 Å². The standard InChI is InChI=1S/C19H21N3O3/c1-11-19(12(2)22-21-11)20-18(23)10-24-13-7-8-17-15(9-13)14-5-3-4-6-16(14)25-17/h7-9H,3-6,10H2,1-2H3,(H,20,23)(H,21,22). The van der Waals surface area contributed by atoms with Crippen LogP contribution in [0.2, 0.25) is 0 Å². The quantitative estimate of drug-likeness (QED) is 0.760. The Hall–Kier alpha value is -2.76. The normalized spacial score (nSPS) is 13.7. The molecule has 0 unspecified atom stereocenters. The minimum Gasteiger partial charge on any atom is -0.484 e. The predicted molar refractivity (Wildman–Crippen MR) is 95.0 cm³/mol. The van der Waals surface area contributed by atoms with Gasteiger partial charge in [-0.1, -0.05) is 0 Å². The maximum absolute atomic E-state index is 12.1. The number of aromatic amines is 1. The number of hydrogen-bond acceptors (Lipinski definition) is 4. The van der Waals surface area contributed by atoms with Crippen LogP contribution in [0.1, 0.15) is 35.6 Å². The van der Waals surface area contributed by atoms with Crippen molar-refractivity contribution < 1.29 is 13.9 Å². The Labute approximate surface area is 145 Å². The highest BCUT2D eigenvalue weighted by molar-refractivity contribution is 5.93. The number of aryl methyl sites for hydroxylation is 4. The molecule has 0 saturated carbocycles. The Balaban J connectivity index is 1.46. The van der Waals surface area contributed by atoms with Gasteiger partial charge in [0.15, 0.2) is 6.61 Å². The molecule has 3 aromatic rings. The van der Waals surface area contributed by atoms with E-state index >= 15 is 0 Å². The summed E-state index contributed by atoms with van der Waals surface area (Å²) >= 11 is 0. The van der Waals surface area contributed by atoms with Crippen molar-refractivity contribution in [2.45, 2.75) is 39.5 Å². The van der Waals surface area contributed by atoms with Gasteiger partial charge in [0.2, 0.25) is 0 Å². The zero-order valence-corrected chi connectivity index (χ0v) is 14.4. The lowest BCUT2D eigenvalue weighted by Crippen LogP contribution is -2.20. The number of carbonyl (C=O) groups is 1. The highest BCUT2D eigenvalue weighted by atomic mass is 16.5. The van der Waals surface area contributed by atoms with E-state index in [9.17, 15) is 4.79 Å². The smallest absolute Gasteiger partial charge is 0.262 e. The molecule has 0 bridgehead atoms. The number of fused-ring (bicyclic) bond motifs is 3. The second-order valence-corrected chi connectivity index (χ2v) is 6.51. The molecule has 2 aromatic heterocycles. The number of H-pyrrole nitrogens is 1. The number of ether oxygens (including phenoxy) is 1.